The highest BCUT2D eigenvalue weighted by atomic mass is 79.9. The number of amides is 1. The standard InChI is InChI=1S/C15H14BrNO3/c16-10-2-1-3-11(7-10)17-14(18)12-8-4-5-9(6-8)13(12)15(19)20/h1-5,7-9,12-13H,6H2,(H,17,18)(H,19,20)/t8-,9+,12+,13+/m0/s1. The fraction of sp³-hybridized carbons (Fsp3) is 0.333. The third kappa shape index (κ3) is 2.26. The zero-order valence-corrected chi connectivity index (χ0v) is 12.2. The molecule has 0 aliphatic heterocycles. The summed E-state index contributed by atoms with van der Waals surface area (Å²) in [5.41, 5.74) is 0.681. The van der Waals surface area contributed by atoms with Crippen molar-refractivity contribution in [2.24, 2.45) is 23.7 Å². The summed E-state index contributed by atoms with van der Waals surface area (Å²) in [6.07, 6.45) is 4.69. The lowest BCUT2D eigenvalue weighted by atomic mass is 9.82. The van der Waals surface area contributed by atoms with Crippen molar-refractivity contribution in [3.63, 3.8) is 0 Å². The van der Waals surface area contributed by atoms with E-state index in [0.29, 0.717) is 5.69 Å². The van der Waals surface area contributed by atoms with Crippen LogP contribution in [-0.2, 0) is 9.59 Å². The number of hydrogen-bond acceptors (Lipinski definition) is 2. The summed E-state index contributed by atoms with van der Waals surface area (Å²) in [7, 11) is 0. The van der Waals surface area contributed by atoms with Crippen LogP contribution < -0.4 is 5.32 Å². The van der Waals surface area contributed by atoms with Crippen molar-refractivity contribution in [3.05, 3.63) is 40.9 Å². The van der Waals surface area contributed by atoms with Crippen LogP contribution in [0.4, 0.5) is 5.69 Å². The molecule has 104 valence electrons. The van der Waals surface area contributed by atoms with Crippen LogP contribution in [0, 0.1) is 23.7 Å². The molecule has 1 amide bonds. The van der Waals surface area contributed by atoms with Crippen LogP contribution in [0.25, 0.3) is 0 Å². The number of allylic oxidation sites excluding steroid dienone is 2. The molecule has 20 heavy (non-hydrogen) atoms. The number of carboxylic acids is 1. The van der Waals surface area contributed by atoms with Gasteiger partial charge in [-0.3, -0.25) is 9.59 Å². The Bertz CT molecular complexity index is 599. The number of nitrogens with one attached hydrogen (secondary N) is 1. The van der Waals surface area contributed by atoms with E-state index in [0.717, 1.165) is 10.9 Å². The first-order chi connectivity index (χ1) is 9.56. The highest BCUT2D eigenvalue weighted by Gasteiger charge is 2.51. The molecule has 2 N–H and O–H groups in total. The fourth-order valence-electron chi connectivity index (χ4n) is 3.31. The van der Waals surface area contributed by atoms with Crippen LogP contribution in [0.3, 0.4) is 0 Å². The predicted molar refractivity (Wildman–Crippen MR) is 78.1 cm³/mol. The van der Waals surface area contributed by atoms with Crippen LogP contribution in [0.5, 0.6) is 0 Å². The summed E-state index contributed by atoms with van der Waals surface area (Å²) in [4.78, 5) is 23.8. The first kappa shape index (κ1) is 13.4. The SMILES string of the molecule is O=C(O)[C@H]1[C@H](C(=O)Nc2cccc(Br)c2)[C@H]2C=C[C@@H]1C2. The minimum absolute atomic E-state index is 0.00393. The summed E-state index contributed by atoms with van der Waals surface area (Å²) in [5.74, 6) is -2.11. The summed E-state index contributed by atoms with van der Waals surface area (Å²) >= 11 is 3.35. The minimum atomic E-state index is -0.878. The van der Waals surface area contributed by atoms with E-state index in [1.165, 1.54) is 0 Å². The van der Waals surface area contributed by atoms with Gasteiger partial charge in [0.05, 0.1) is 11.8 Å². The Morgan fingerprint density at radius 2 is 1.90 bits per heavy atom. The Morgan fingerprint density at radius 1 is 1.20 bits per heavy atom. The number of rotatable bonds is 3. The van der Waals surface area contributed by atoms with Gasteiger partial charge >= 0.3 is 5.97 Å². The predicted octanol–water partition coefficient (Wildman–Crippen LogP) is 2.91. The highest BCUT2D eigenvalue weighted by Crippen LogP contribution is 2.48. The zero-order valence-electron chi connectivity index (χ0n) is 10.6. The van der Waals surface area contributed by atoms with Crippen LogP contribution in [0.15, 0.2) is 40.9 Å². The van der Waals surface area contributed by atoms with Gasteiger partial charge in [0.1, 0.15) is 0 Å². The van der Waals surface area contributed by atoms with Crippen molar-refractivity contribution in [1.29, 1.82) is 0 Å². The normalized spacial score (nSPS) is 30.4. The van der Waals surface area contributed by atoms with Gasteiger partial charge in [-0.05, 0) is 36.5 Å². The highest BCUT2D eigenvalue weighted by molar-refractivity contribution is 9.10. The first-order valence-corrected chi connectivity index (χ1v) is 7.33. The Kier molecular flexibility index (Phi) is 3.38. The summed E-state index contributed by atoms with van der Waals surface area (Å²) in [6.45, 7) is 0. The minimum Gasteiger partial charge on any atom is -0.481 e. The quantitative estimate of drug-likeness (QED) is 0.834. The van der Waals surface area contributed by atoms with Gasteiger partial charge < -0.3 is 10.4 Å². The van der Waals surface area contributed by atoms with Gasteiger partial charge in [-0.25, -0.2) is 0 Å². The van der Waals surface area contributed by atoms with Crippen molar-refractivity contribution >= 4 is 33.5 Å². The number of hydrogen-bond donors (Lipinski definition) is 2. The smallest absolute Gasteiger partial charge is 0.307 e. The first-order valence-electron chi connectivity index (χ1n) is 6.54. The van der Waals surface area contributed by atoms with E-state index < -0.39 is 17.8 Å². The number of fused-ring (bicyclic) bond motifs is 2. The third-order valence-electron chi connectivity index (χ3n) is 4.14. The van der Waals surface area contributed by atoms with Crippen molar-refractivity contribution in [2.45, 2.75) is 6.42 Å². The topological polar surface area (TPSA) is 66.4 Å². The van der Waals surface area contributed by atoms with E-state index >= 15 is 0 Å². The van der Waals surface area contributed by atoms with E-state index in [2.05, 4.69) is 21.2 Å². The molecule has 0 heterocycles. The van der Waals surface area contributed by atoms with Gasteiger partial charge in [0, 0.05) is 10.2 Å². The number of carbonyl (C=O) groups is 2. The molecular weight excluding hydrogens is 322 g/mol. The molecule has 1 aromatic carbocycles. The number of benzene rings is 1. The molecule has 0 saturated heterocycles. The lowest BCUT2D eigenvalue weighted by Gasteiger charge is -2.23. The molecule has 2 aliphatic rings. The fourth-order valence-corrected chi connectivity index (χ4v) is 3.71. The molecule has 2 bridgehead atoms. The van der Waals surface area contributed by atoms with Crippen LogP contribution in [-0.4, -0.2) is 17.0 Å². The number of anilines is 1. The van der Waals surface area contributed by atoms with Crippen molar-refractivity contribution in [2.75, 3.05) is 5.32 Å². The van der Waals surface area contributed by atoms with Gasteiger partial charge in [0.2, 0.25) is 5.91 Å². The van der Waals surface area contributed by atoms with Crippen molar-refractivity contribution in [1.82, 2.24) is 0 Å². The largest absolute Gasteiger partial charge is 0.481 e. The van der Waals surface area contributed by atoms with E-state index in [1.807, 2.05) is 24.3 Å². The number of aliphatic carboxylic acids is 1. The number of halogens is 1. The second kappa shape index (κ2) is 5.05. The van der Waals surface area contributed by atoms with Crippen LogP contribution >= 0.6 is 15.9 Å². The second-order valence-corrected chi connectivity index (χ2v) is 6.25. The lowest BCUT2D eigenvalue weighted by molar-refractivity contribution is -0.146. The molecule has 0 aromatic heterocycles. The van der Waals surface area contributed by atoms with E-state index in [1.54, 1.807) is 12.1 Å². The molecule has 0 unspecified atom stereocenters. The van der Waals surface area contributed by atoms with Gasteiger partial charge in [0.25, 0.3) is 0 Å². The Balaban J connectivity index is 1.80. The molecule has 3 rings (SSSR count). The van der Waals surface area contributed by atoms with E-state index in [9.17, 15) is 14.7 Å². The summed E-state index contributed by atoms with van der Waals surface area (Å²) in [6, 6.07) is 7.29. The van der Waals surface area contributed by atoms with Crippen LogP contribution in [0.1, 0.15) is 6.42 Å². The van der Waals surface area contributed by atoms with Gasteiger partial charge in [-0.1, -0.05) is 34.1 Å². The maximum absolute atomic E-state index is 12.4. The Labute approximate surface area is 125 Å². The average molecular weight is 336 g/mol. The molecule has 1 saturated carbocycles. The molecular formula is C15H14BrNO3. The van der Waals surface area contributed by atoms with Gasteiger partial charge in [0.15, 0.2) is 0 Å². The molecule has 2 aliphatic carbocycles. The molecule has 4 atom stereocenters. The maximum atomic E-state index is 12.4. The second-order valence-electron chi connectivity index (χ2n) is 5.34. The van der Waals surface area contributed by atoms with E-state index in [4.69, 9.17) is 0 Å². The molecule has 5 heteroatoms. The molecule has 4 nitrogen and oxygen atoms in total. The molecule has 1 aromatic rings. The molecule has 1 fully saturated rings. The van der Waals surface area contributed by atoms with Gasteiger partial charge in [-0.15, -0.1) is 0 Å². The third-order valence-corrected chi connectivity index (χ3v) is 4.63. The van der Waals surface area contributed by atoms with Crippen LogP contribution in [0.2, 0.25) is 0 Å². The van der Waals surface area contributed by atoms with Crippen molar-refractivity contribution in [3.8, 4) is 0 Å². The zero-order chi connectivity index (χ0) is 14.3. The summed E-state index contributed by atoms with van der Waals surface area (Å²) in [5, 5.41) is 12.2. The van der Waals surface area contributed by atoms with E-state index in [-0.39, 0.29) is 17.7 Å². The van der Waals surface area contributed by atoms with Crippen molar-refractivity contribution < 1.29 is 14.7 Å². The maximum Gasteiger partial charge on any atom is 0.307 e. The Hall–Kier alpha value is -1.62. The lowest BCUT2D eigenvalue weighted by Crippen LogP contribution is -2.36. The number of carbonyl (C=O) groups excluding carboxylic acids is 1. The monoisotopic (exact) mass is 335 g/mol. The number of carboxylic acid groups (broad SMARTS) is 1. The summed E-state index contributed by atoms with van der Waals surface area (Å²) < 4.78 is 0.873. The molecule has 0 spiro atoms. The van der Waals surface area contributed by atoms with Gasteiger partial charge in [-0.2, -0.15) is 0 Å². The molecule has 0 radical (unpaired) electrons. The average Bonchev–Trinajstić information content (AvgIpc) is 2.98. The Morgan fingerprint density at radius 3 is 2.55 bits per heavy atom.